The number of nitrogens with zero attached hydrogens (tertiary/aromatic N) is 2. The number of rotatable bonds is 4. The maximum Gasteiger partial charge on any atom is 0.0678 e. The van der Waals surface area contributed by atoms with Gasteiger partial charge in [-0.2, -0.15) is 0 Å². The zero-order valence-corrected chi connectivity index (χ0v) is 8.22. The summed E-state index contributed by atoms with van der Waals surface area (Å²) >= 11 is 0. The van der Waals surface area contributed by atoms with Crippen molar-refractivity contribution in [2.45, 2.75) is 39.5 Å². The van der Waals surface area contributed by atoms with Gasteiger partial charge in [0.1, 0.15) is 0 Å². The van der Waals surface area contributed by atoms with E-state index in [2.05, 4.69) is 23.3 Å². The van der Waals surface area contributed by atoms with E-state index in [1.54, 1.807) is 0 Å². The Morgan fingerprint density at radius 3 is 1.82 bits per heavy atom. The highest BCUT2D eigenvalue weighted by molar-refractivity contribution is 7.20. The molecule has 0 saturated heterocycles. The van der Waals surface area contributed by atoms with E-state index in [0.29, 0.717) is 8.51 Å². The zero-order chi connectivity index (χ0) is 8.10. The minimum atomic E-state index is 0.465. The van der Waals surface area contributed by atoms with Crippen molar-refractivity contribution in [3.8, 4) is 0 Å². The molecule has 0 saturated carbocycles. The summed E-state index contributed by atoms with van der Waals surface area (Å²) in [6, 6.07) is 0. The van der Waals surface area contributed by atoms with Gasteiger partial charge in [0.2, 0.25) is 0 Å². The highest BCUT2D eigenvalue weighted by Gasteiger charge is 2.03. The molecule has 0 N–H and O–H groups in total. The Bertz CT molecular complexity index is 187. The van der Waals surface area contributed by atoms with Gasteiger partial charge in [0.25, 0.3) is 0 Å². The average Bonchev–Trinajstić information content (AvgIpc) is 2.39. The summed E-state index contributed by atoms with van der Waals surface area (Å²) in [6.07, 6.45) is 4.61. The lowest BCUT2D eigenvalue weighted by Crippen LogP contribution is -1.91. The maximum atomic E-state index is 4.37. The molecule has 2 nitrogen and oxygen atoms in total. The van der Waals surface area contributed by atoms with Crippen molar-refractivity contribution in [3.05, 3.63) is 11.4 Å². The van der Waals surface area contributed by atoms with Crippen molar-refractivity contribution < 1.29 is 0 Å². The highest BCUT2D eigenvalue weighted by atomic mass is 31.1. The molecule has 0 spiro atoms. The smallest absolute Gasteiger partial charge is 0.0678 e. The fraction of sp³-hybridized carbons (Fsp3) is 0.750. The molecule has 0 aliphatic heterocycles. The molecule has 3 heteroatoms. The summed E-state index contributed by atoms with van der Waals surface area (Å²) in [6.45, 7) is 4.38. The lowest BCUT2D eigenvalue weighted by atomic mass is 10.1. The Hall–Kier alpha value is -0.360. The summed E-state index contributed by atoms with van der Waals surface area (Å²) in [7, 11) is 0.465. The monoisotopic (exact) mass is 170 g/mol. The third kappa shape index (κ3) is 2.30. The van der Waals surface area contributed by atoms with Crippen molar-refractivity contribution in [3.63, 3.8) is 0 Å². The van der Waals surface area contributed by atoms with Gasteiger partial charge in [-0.05, 0) is 12.8 Å². The van der Waals surface area contributed by atoms with E-state index >= 15 is 0 Å². The number of hydrogen-bond acceptors (Lipinski definition) is 2. The molecule has 0 fully saturated rings. The van der Waals surface area contributed by atoms with Crippen LogP contribution >= 0.6 is 8.51 Å². The first-order valence-electron chi connectivity index (χ1n) is 4.27. The van der Waals surface area contributed by atoms with Gasteiger partial charge >= 0.3 is 0 Å². The molecule has 11 heavy (non-hydrogen) atoms. The lowest BCUT2D eigenvalue weighted by Gasteiger charge is -1.95. The standard InChI is InChI=1S/C8H15N2P/c1-3-5-7-8(6-4-2)10-11-9-7/h11H,3-6H2,1-2H3. The molecule has 1 heterocycles. The van der Waals surface area contributed by atoms with E-state index in [1.807, 2.05) is 0 Å². The summed E-state index contributed by atoms with van der Waals surface area (Å²) in [4.78, 5) is 0. The topological polar surface area (TPSA) is 25.8 Å². The average molecular weight is 170 g/mol. The first-order valence-corrected chi connectivity index (χ1v) is 5.16. The maximum absolute atomic E-state index is 4.37. The SMILES string of the molecule is CCCc1n[pH]nc1CCC. The van der Waals surface area contributed by atoms with Crippen LogP contribution in [0.2, 0.25) is 0 Å². The Balaban J connectivity index is 2.62. The van der Waals surface area contributed by atoms with E-state index in [0.717, 1.165) is 12.8 Å². The molecule has 0 aromatic carbocycles. The molecule has 0 atom stereocenters. The summed E-state index contributed by atoms with van der Waals surface area (Å²) < 4.78 is 8.73. The van der Waals surface area contributed by atoms with Crippen molar-refractivity contribution >= 4 is 8.51 Å². The van der Waals surface area contributed by atoms with E-state index in [9.17, 15) is 0 Å². The minimum absolute atomic E-state index is 0.465. The van der Waals surface area contributed by atoms with Crippen LogP contribution < -0.4 is 0 Å². The van der Waals surface area contributed by atoms with Gasteiger partial charge in [-0.15, -0.1) is 0 Å². The highest BCUT2D eigenvalue weighted by Crippen LogP contribution is 2.12. The number of aromatic nitrogens is 2. The second-order valence-electron chi connectivity index (χ2n) is 2.72. The molecule has 0 bridgehead atoms. The lowest BCUT2D eigenvalue weighted by molar-refractivity contribution is 0.831. The van der Waals surface area contributed by atoms with Crippen LogP contribution in [0.4, 0.5) is 0 Å². The van der Waals surface area contributed by atoms with E-state index in [-0.39, 0.29) is 0 Å². The van der Waals surface area contributed by atoms with Crippen LogP contribution in [0.3, 0.4) is 0 Å². The second kappa shape index (κ2) is 4.50. The van der Waals surface area contributed by atoms with Gasteiger partial charge < -0.3 is 0 Å². The number of aryl methyl sites for hydroxylation is 2. The first kappa shape index (κ1) is 8.73. The minimum Gasteiger partial charge on any atom is -0.224 e. The fourth-order valence-corrected chi connectivity index (χ4v) is 1.92. The summed E-state index contributed by atoms with van der Waals surface area (Å²) in [5.74, 6) is 0. The van der Waals surface area contributed by atoms with Crippen LogP contribution in [0.1, 0.15) is 38.1 Å². The molecular weight excluding hydrogens is 155 g/mol. The third-order valence-corrected chi connectivity index (χ3v) is 2.42. The third-order valence-electron chi connectivity index (χ3n) is 1.68. The number of hydrogen-bond donors (Lipinski definition) is 0. The molecule has 0 aliphatic carbocycles. The van der Waals surface area contributed by atoms with Gasteiger partial charge in [0, 0.05) is 0 Å². The Labute approximate surface area is 69.7 Å². The molecule has 0 aliphatic rings. The Morgan fingerprint density at radius 2 is 1.45 bits per heavy atom. The Kier molecular flexibility index (Phi) is 3.58. The zero-order valence-electron chi connectivity index (χ0n) is 7.22. The van der Waals surface area contributed by atoms with Gasteiger partial charge in [-0.25, -0.2) is 9.49 Å². The van der Waals surface area contributed by atoms with Crippen LogP contribution in [0.25, 0.3) is 0 Å². The molecular formula is C8H15N2P. The molecule has 0 amide bonds. The molecule has 0 unspecified atom stereocenters. The predicted molar refractivity (Wildman–Crippen MR) is 49.5 cm³/mol. The molecule has 1 rings (SSSR count). The quantitative estimate of drug-likeness (QED) is 0.693. The molecule has 0 radical (unpaired) electrons. The molecule has 62 valence electrons. The summed E-state index contributed by atoms with van der Waals surface area (Å²) in [5.41, 5.74) is 2.54. The van der Waals surface area contributed by atoms with Crippen LogP contribution in [-0.4, -0.2) is 9.49 Å². The predicted octanol–water partition coefficient (Wildman–Crippen LogP) is 2.41. The first-order chi connectivity index (χ1) is 5.38. The van der Waals surface area contributed by atoms with Gasteiger partial charge in [-0.1, -0.05) is 26.7 Å². The normalized spacial score (nSPS) is 10.4. The van der Waals surface area contributed by atoms with Crippen LogP contribution in [0, 0.1) is 0 Å². The Morgan fingerprint density at radius 1 is 1.00 bits per heavy atom. The van der Waals surface area contributed by atoms with E-state index < -0.39 is 0 Å². The second-order valence-corrected chi connectivity index (χ2v) is 3.36. The van der Waals surface area contributed by atoms with E-state index in [4.69, 9.17) is 0 Å². The van der Waals surface area contributed by atoms with Crippen molar-refractivity contribution in [1.82, 2.24) is 9.49 Å². The summed E-state index contributed by atoms with van der Waals surface area (Å²) in [5, 5.41) is 0. The van der Waals surface area contributed by atoms with E-state index in [1.165, 1.54) is 24.2 Å². The van der Waals surface area contributed by atoms with Crippen molar-refractivity contribution in [2.24, 2.45) is 0 Å². The van der Waals surface area contributed by atoms with Crippen LogP contribution in [0.15, 0.2) is 0 Å². The van der Waals surface area contributed by atoms with Gasteiger partial charge in [-0.3, -0.25) is 0 Å². The van der Waals surface area contributed by atoms with Crippen LogP contribution in [0.5, 0.6) is 0 Å². The van der Waals surface area contributed by atoms with Crippen LogP contribution in [-0.2, 0) is 12.8 Å². The van der Waals surface area contributed by atoms with Gasteiger partial charge in [0.05, 0.1) is 19.9 Å². The van der Waals surface area contributed by atoms with Crippen molar-refractivity contribution in [2.75, 3.05) is 0 Å². The fourth-order valence-electron chi connectivity index (χ4n) is 1.15. The molecule has 1 aromatic rings. The largest absolute Gasteiger partial charge is 0.224 e. The van der Waals surface area contributed by atoms with Crippen molar-refractivity contribution in [1.29, 1.82) is 0 Å². The van der Waals surface area contributed by atoms with Gasteiger partial charge in [0.15, 0.2) is 0 Å². The molecule has 1 aromatic heterocycles.